The van der Waals surface area contributed by atoms with Gasteiger partial charge in [-0.15, -0.1) is 0 Å². The van der Waals surface area contributed by atoms with Gasteiger partial charge < -0.3 is 29.4 Å². The van der Waals surface area contributed by atoms with Gasteiger partial charge in [0.25, 0.3) is 11.8 Å². The van der Waals surface area contributed by atoms with Crippen LogP contribution in [0, 0.1) is 5.92 Å². The van der Waals surface area contributed by atoms with E-state index in [1.54, 1.807) is 12.1 Å². The number of amides is 2. The van der Waals surface area contributed by atoms with Crippen LogP contribution in [0.2, 0.25) is 0 Å². The molecule has 8 nitrogen and oxygen atoms in total. The first-order valence-corrected chi connectivity index (χ1v) is 7.98. The third-order valence-corrected chi connectivity index (χ3v) is 3.36. The van der Waals surface area contributed by atoms with E-state index in [1.807, 2.05) is 13.8 Å². The van der Waals surface area contributed by atoms with E-state index in [2.05, 4.69) is 10.6 Å². The molecule has 8 heteroatoms. The Balaban J connectivity index is 2.21. The zero-order valence-corrected chi connectivity index (χ0v) is 14.4. The Morgan fingerprint density at radius 3 is 2.38 bits per heavy atom. The second kappa shape index (κ2) is 8.70. The molecule has 0 saturated carbocycles. The number of furan rings is 2. The fourth-order valence-corrected chi connectivity index (χ4v) is 2.19. The zero-order valence-electron chi connectivity index (χ0n) is 14.4. The van der Waals surface area contributed by atoms with Gasteiger partial charge in [0, 0.05) is 6.08 Å². The summed E-state index contributed by atoms with van der Waals surface area (Å²) in [5, 5.41) is 16.0. The molecule has 2 heterocycles. The first-order valence-electron chi connectivity index (χ1n) is 7.98. The smallest absolute Gasteiger partial charge is 0.291 e. The molecule has 2 rings (SSSR count). The topological polar surface area (TPSA) is 125 Å². The summed E-state index contributed by atoms with van der Waals surface area (Å²) in [5.41, 5.74) is -0.184. The van der Waals surface area contributed by atoms with Gasteiger partial charge in [0.05, 0.1) is 24.5 Å². The summed E-state index contributed by atoms with van der Waals surface area (Å²) in [6.07, 6.45) is 4.20. The van der Waals surface area contributed by atoms with Crippen LogP contribution in [0.5, 0.6) is 0 Å². The number of carbonyl (C=O) groups is 3. The van der Waals surface area contributed by atoms with Crippen molar-refractivity contribution >= 4 is 23.9 Å². The Labute approximate surface area is 149 Å². The maximum absolute atomic E-state index is 12.5. The van der Waals surface area contributed by atoms with Crippen LogP contribution in [0.25, 0.3) is 6.08 Å². The highest BCUT2D eigenvalue weighted by Gasteiger charge is 2.21. The van der Waals surface area contributed by atoms with E-state index in [4.69, 9.17) is 8.83 Å². The van der Waals surface area contributed by atoms with Crippen molar-refractivity contribution in [2.45, 2.75) is 26.3 Å². The third-order valence-electron chi connectivity index (χ3n) is 3.36. The highest BCUT2D eigenvalue weighted by molar-refractivity contribution is 6.05. The molecule has 0 bridgehead atoms. The van der Waals surface area contributed by atoms with Gasteiger partial charge in [0.2, 0.25) is 0 Å². The summed E-state index contributed by atoms with van der Waals surface area (Å²) in [4.78, 5) is 35.9. The predicted octanol–water partition coefficient (Wildman–Crippen LogP) is 0.924. The molecule has 0 aliphatic rings. The predicted molar refractivity (Wildman–Crippen MR) is 89.3 cm³/mol. The lowest BCUT2D eigenvalue weighted by Gasteiger charge is -2.22. The molecule has 138 valence electrons. The fraction of sp³-hybridized carbons (Fsp3) is 0.278. The maximum atomic E-state index is 12.5. The summed E-state index contributed by atoms with van der Waals surface area (Å²) in [6.45, 7) is 3.64. The quantitative estimate of drug-likeness (QED) is 0.676. The van der Waals surface area contributed by atoms with Gasteiger partial charge >= 0.3 is 0 Å². The number of rotatable bonds is 8. The molecule has 0 aliphatic heterocycles. The Bertz CT molecular complexity index is 775. The van der Waals surface area contributed by atoms with Crippen LogP contribution >= 0.6 is 0 Å². The molecule has 26 heavy (non-hydrogen) atoms. The number of aliphatic carboxylic acids is 1. The number of carboxylic acid groups (broad SMARTS) is 1. The highest BCUT2D eigenvalue weighted by Crippen LogP contribution is 2.10. The Morgan fingerprint density at radius 1 is 1.15 bits per heavy atom. The van der Waals surface area contributed by atoms with Crippen LogP contribution in [-0.4, -0.2) is 23.8 Å². The Hall–Kier alpha value is -3.29. The Morgan fingerprint density at radius 2 is 1.85 bits per heavy atom. The molecule has 0 saturated heterocycles. The number of nitrogens with one attached hydrogen (secondary N) is 2. The minimum absolute atomic E-state index is 0.00164. The molecular weight excluding hydrogens is 340 g/mol. The van der Waals surface area contributed by atoms with Crippen LogP contribution in [0.1, 0.15) is 36.6 Å². The van der Waals surface area contributed by atoms with Gasteiger partial charge in [-0.2, -0.15) is 0 Å². The van der Waals surface area contributed by atoms with Crippen LogP contribution in [0.4, 0.5) is 0 Å². The van der Waals surface area contributed by atoms with Crippen LogP contribution < -0.4 is 15.7 Å². The van der Waals surface area contributed by atoms with Crippen molar-refractivity contribution in [1.82, 2.24) is 10.6 Å². The average Bonchev–Trinajstić information content (AvgIpc) is 3.26. The van der Waals surface area contributed by atoms with Gasteiger partial charge in [-0.25, -0.2) is 0 Å². The SMILES string of the molecule is CC(C)C[C@H](NC(=O)/C(=C/c1ccco1)NC(=O)c1ccco1)C(=O)[O-]. The molecule has 0 aliphatic carbocycles. The molecule has 0 aromatic carbocycles. The summed E-state index contributed by atoms with van der Waals surface area (Å²) in [5.74, 6) is -2.51. The molecule has 0 fully saturated rings. The maximum Gasteiger partial charge on any atom is 0.291 e. The minimum atomic E-state index is -1.40. The molecular formula is C18H19N2O6-. The van der Waals surface area contributed by atoms with Crippen molar-refractivity contribution in [1.29, 1.82) is 0 Å². The lowest BCUT2D eigenvalue weighted by molar-refractivity contribution is -0.308. The number of carbonyl (C=O) groups excluding carboxylic acids is 3. The fourth-order valence-electron chi connectivity index (χ4n) is 2.19. The van der Waals surface area contributed by atoms with Gasteiger partial charge in [0.1, 0.15) is 11.5 Å². The van der Waals surface area contributed by atoms with E-state index in [-0.39, 0.29) is 23.8 Å². The molecule has 2 N–H and O–H groups in total. The van der Waals surface area contributed by atoms with Gasteiger partial charge in [-0.05, 0) is 36.6 Å². The van der Waals surface area contributed by atoms with Crippen molar-refractivity contribution < 1.29 is 28.3 Å². The molecule has 2 aromatic rings. The highest BCUT2D eigenvalue weighted by atomic mass is 16.4. The van der Waals surface area contributed by atoms with Crippen molar-refractivity contribution in [2.24, 2.45) is 5.92 Å². The van der Waals surface area contributed by atoms with E-state index < -0.39 is 23.8 Å². The largest absolute Gasteiger partial charge is 0.548 e. The van der Waals surface area contributed by atoms with E-state index in [0.29, 0.717) is 5.76 Å². The lowest BCUT2D eigenvalue weighted by Crippen LogP contribution is -2.50. The molecule has 2 aromatic heterocycles. The third kappa shape index (κ3) is 5.37. The van der Waals surface area contributed by atoms with Crippen LogP contribution in [0.3, 0.4) is 0 Å². The van der Waals surface area contributed by atoms with E-state index in [0.717, 1.165) is 0 Å². The van der Waals surface area contributed by atoms with E-state index in [9.17, 15) is 19.5 Å². The van der Waals surface area contributed by atoms with Crippen molar-refractivity contribution in [3.05, 3.63) is 54.0 Å². The number of hydrogen-bond donors (Lipinski definition) is 2. The molecule has 0 radical (unpaired) electrons. The standard InChI is InChI=1S/C18H20N2O6/c1-11(2)9-14(18(23)24)20-16(21)13(10-12-5-3-7-25-12)19-17(22)15-6-4-8-26-15/h3-8,10-11,14H,9H2,1-2H3,(H,19,22)(H,20,21)(H,23,24)/p-1/b13-10-/t14-/m0/s1. The van der Waals surface area contributed by atoms with Gasteiger partial charge in [-0.1, -0.05) is 13.8 Å². The molecule has 0 unspecified atom stereocenters. The second-order valence-electron chi connectivity index (χ2n) is 5.98. The van der Waals surface area contributed by atoms with Crippen molar-refractivity contribution in [2.75, 3.05) is 0 Å². The first-order chi connectivity index (χ1) is 12.4. The number of carboxylic acids is 1. The average molecular weight is 359 g/mol. The number of hydrogen-bond acceptors (Lipinski definition) is 6. The molecule has 1 atom stereocenters. The first kappa shape index (κ1) is 19.0. The summed E-state index contributed by atoms with van der Waals surface area (Å²) >= 11 is 0. The van der Waals surface area contributed by atoms with E-state index in [1.165, 1.54) is 30.7 Å². The van der Waals surface area contributed by atoms with Gasteiger partial charge in [0.15, 0.2) is 5.76 Å². The lowest BCUT2D eigenvalue weighted by atomic mass is 10.0. The second-order valence-corrected chi connectivity index (χ2v) is 5.98. The Kier molecular flexibility index (Phi) is 6.37. The van der Waals surface area contributed by atoms with Crippen LogP contribution in [-0.2, 0) is 9.59 Å². The van der Waals surface area contributed by atoms with Crippen molar-refractivity contribution in [3.8, 4) is 0 Å². The molecule has 2 amide bonds. The van der Waals surface area contributed by atoms with E-state index >= 15 is 0 Å². The van der Waals surface area contributed by atoms with Gasteiger partial charge in [-0.3, -0.25) is 9.59 Å². The molecule has 0 spiro atoms. The monoisotopic (exact) mass is 359 g/mol. The normalized spacial score (nSPS) is 12.7. The van der Waals surface area contributed by atoms with Crippen molar-refractivity contribution in [3.63, 3.8) is 0 Å². The zero-order chi connectivity index (χ0) is 19.1. The summed E-state index contributed by atoms with van der Waals surface area (Å²) in [6, 6.07) is 4.96. The minimum Gasteiger partial charge on any atom is -0.548 e. The summed E-state index contributed by atoms with van der Waals surface area (Å²) in [7, 11) is 0. The van der Waals surface area contributed by atoms with Crippen LogP contribution in [0.15, 0.2) is 51.3 Å². The summed E-state index contributed by atoms with van der Waals surface area (Å²) < 4.78 is 10.1.